The molecule has 34 nitrogen and oxygen atoms in total. The number of methoxy groups -OCH3 is 16. The fourth-order valence-electron chi connectivity index (χ4n) is 15.3. The molecule has 0 bridgehead atoms. The van der Waals surface area contributed by atoms with E-state index in [-0.39, 0.29) is 213 Å². The largest absolute Gasteiger partial charge is 0.507 e. The molecule has 144 heavy (non-hydrogen) atoms. The van der Waals surface area contributed by atoms with Crippen LogP contribution in [0.2, 0.25) is 0 Å². The summed E-state index contributed by atoms with van der Waals surface area (Å²) in [7, 11) is 25.7. The lowest BCUT2D eigenvalue weighted by Gasteiger charge is -2.20. The van der Waals surface area contributed by atoms with E-state index in [2.05, 4.69) is 0 Å². The molecule has 0 aliphatic rings. The molecule has 0 aromatic heterocycles. The molecule has 0 aliphatic carbocycles. The molecule has 0 spiro atoms. The van der Waals surface area contributed by atoms with Gasteiger partial charge in [-0.25, -0.2) is 0 Å². The Morgan fingerprint density at radius 3 is 0.278 bits per heavy atom. The topological polar surface area (TPSA) is 402 Å². The quantitative estimate of drug-likeness (QED) is 0.0175. The summed E-state index contributed by atoms with van der Waals surface area (Å²) in [5, 5.41) is 87.0. The first-order valence-electron chi connectivity index (χ1n) is 47.9. The van der Waals surface area contributed by atoms with Gasteiger partial charge >= 0.3 is 0 Å². The summed E-state index contributed by atoms with van der Waals surface area (Å²) in [5.41, 5.74) is 16.9. The highest BCUT2D eigenvalue weighted by molar-refractivity contribution is 5.74. The monoisotopic (exact) mass is 2030 g/mol. The summed E-state index contributed by atoms with van der Waals surface area (Å²) in [6.45, 7) is 27.0. The van der Waals surface area contributed by atoms with Crippen molar-refractivity contribution < 1.29 is 164 Å². The second-order valence-electron chi connectivity index (χ2n) is 35.5. The Balaban J connectivity index is 0.000000340. The molecule has 10 unspecified atom stereocenters. The van der Waals surface area contributed by atoms with Crippen LogP contribution < -0.4 is 0 Å². The van der Waals surface area contributed by atoms with Crippen LogP contribution in [-0.4, -0.2) is 282 Å². The van der Waals surface area contributed by atoms with Crippen LogP contribution >= 0.6 is 0 Å². The molecule has 8 N–H and O–H groups in total. The van der Waals surface area contributed by atoms with Crippen molar-refractivity contribution in [3.05, 3.63) is 186 Å². The van der Waals surface area contributed by atoms with Crippen LogP contribution in [0.4, 0.5) is 0 Å². The molecule has 8 aromatic rings. The highest BCUT2D eigenvalue weighted by Gasteiger charge is 2.26. The lowest BCUT2D eigenvalue weighted by molar-refractivity contribution is -0.00347. The predicted molar refractivity (Wildman–Crippen MR) is 546 cm³/mol. The Morgan fingerprint density at radius 1 is 0.132 bits per heavy atom. The number of hydrogen-bond acceptors (Lipinski definition) is 34. The first-order valence-corrected chi connectivity index (χ1v) is 47.9. The van der Waals surface area contributed by atoms with Crippen LogP contribution in [0.5, 0.6) is 46.0 Å². The molecule has 8 rings (SSSR count). The van der Waals surface area contributed by atoms with E-state index in [9.17, 15) is 40.9 Å². The van der Waals surface area contributed by atoms with Gasteiger partial charge < -0.3 is 164 Å². The fraction of sp³-hybridized carbons (Fsp3) is 0.564. The molecular formula is C110H164O34. The molecule has 8 aromatic carbocycles. The van der Waals surface area contributed by atoms with Gasteiger partial charge in [-0.3, -0.25) is 0 Å². The highest BCUT2D eigenvalue weighted by atomic mass is 16.6. The van der Waals surface area contributed by atoms with Gasteiger partial charge in [0.25, 0.3) is 0 Å². The van der Waals surface area contributed by atoms with Crippen molar-refractivity contribution in [3.8, 4) is 90.5 Å². The van der Waals surface area contributed by atoms with Crippen molar-refractivity contribution in [2.45, 2.75) is 236 Å². The van der Waals surface area contributed by atoms with Gasteiger partial charge in [-0.05, 0) is 211 Å². The van der Waals surface area contributed by atoms with Crippen LogP contribution in [0.1, 0.15) is 158 Å². The second kappa shape index (κ2) is 69.4. The van der Waals surface area contributed by atoms with Crippen LogP contribution in [-0.2, 0) is 229 Å². The minimum absolute atomic E-state index is 0.112. The van der Waals surface area contributed by atoms with Crippen molar-refractivity contribution in [2.75, 3.05) is 180 Å². The maximum absolute atomic E-state index is 11.2. The minimum atomic E-state index is -0.163. The molecule has 0 aliphatic heterocycles. The van der Waals surface area contributed by atoms with Crippen LogP contribution in [0, 0.1) is 0 Å². The van der Waals surface area contributed by atoms with Gasteiger partial charge in [0, 0.05) is 203 Å². The van der Waals surface area contributed by atoms with Crippen molar-refractivity contribution in [2.24, 2.45) is 0 Å². The van der Waals surface area contributed by atoms with Gasteiger partial charge in [0.2, 0.25) is 0 Å². The number of phenolic OH excluding ortho intramolecular Hbond substituents is 8. The summed E-state index contributed by atoms with van der Waals surface area (Å²) < 4.78 is 142. The maximum atomic E-state index is 11.2. The molecule has 34 heteroatoms. The van der Waals surface area contributed by atoms with Crippen molar-refractivity contribution in [1.29, 1.82) is 0 Å². The molecule has 0 saturated heterocycles. The van der Waals surface area contributed by atoms with Gasteiger partial charge in [-0.2, -0.15) is 0 Å². The van der Waals surface area contributed by atoms with E-state index in [4.69, 9.17) is 123 Å². The van der Waals surface area contributed by atoms with Crippen LogP contribution in [0.3, 0.4) is 0 Å². The number of benzene rings is 8. The third-order valence-electron chi connectivity index (χ3n) is 22.5. The fourth-order valence-corrected chi connectivity index (χ4v) is 15.3. The van der Waals surface area contributed by atoms with Crippen LogP contribution in [0.25, 0.3) is 44.5 Å². The summed E-state index contributed by atoms with van der Waals surface area (Å²) in [6, 6.07) is 30.1. The first-order chi connectivity index (χ1) is 69.1. The minimum Gasteiger partial charge on any atom is -0.507 e. The van der Waals surface area contributed by atoms with Gasteiger partial charge in [0.1, 0.15) is 46.0 Å². The summed E-state index contributed by atoms with van der Waals surface area (Å²) in [5.74, 6) is 1.07. The third-order valence-corrected chi connectivity index (χ3v) is 22.5. The summed E-state index contributed by atoms with van der Waals surface area (Å²) in [4.78, 5) is 0. The molecule has 0 radical (unpaired) electrons. The van der Waals surface area contributed by atoms with E-state index >= 15 is 0 Å². The number of ether oxygens (including phenoxy) is 26. The van der Waals surface area contributed by atoms with E-state index in [1.807, 2.05) is 166 Å². The molecule has 0 amide bonds. The lowest BCUT2D eigenvalue weighted by atomic mass is 9.95. The zero-order valence-corrected chi connectivity index (χ0v) is 89.6. The zero-order valence-electron chi connectivity index (χ0n) is 89.6. The molecule has 0 saturated carbocycles. The number of phenols is 8. The summed E-state index contributed by atoms with van der Waals surface area (Å²) in [6.07, 6.45) is -1.45. The predicted octanol–water partition coefficient (Wildman–Crippen LogP) is 17.5. The van der Waals surface area contributed by atoms with Gasteiger partial charge in [0.05, 0.1) is 233 Å². The Hall–Kier alpha value is -8.88. The van der Waals surface area contributed by atoms with E-state index in [1.165, 1.54) is 0 Å². The normalized spacial score (nSPS) is 13.6. The van der Waals surface area contributed by atoms with E-state index < -0.39 is 0 Å². The Morgan fingerprint density at radius 2 is 0.208 bits per heavy atom. The smallest absolute Gasteiger partial charge is 0.126 e. The summed E-state index contributed by atoms with van der Waals surface area (Å²) >= 11 is 0. The van der Waals surface area contributed by atoms with Gasteiger partial charge in [0.15, 0.2) is 0 Å². The zero-order chi connectivity index (χ0) is 106. The van der Waals surface area contributed by atoms with Crippen molar-refractivity contribution in [3.63, 3.8) is 0 Å². The SMILES string of the molecule is COCC(C)OCc1cc(-c2cc(COC(C)COC)c(O)c(COC(C)COC)c2)cc(COC(C)COC)c1O.COCc1cc(-c2cc(COC(C)COC)c(O)c(COC(C)COC)c2)cc(COC(C)COC)c1O.COCc1cc(-c2cc(COC)c(O)c(COC(C)COC)c2)cc(COC(C)COC)c1O.COCc1cc(-c2cc(COC)c(O)c(COC(C)COC)c2)cc(COC)c1O. The van der Waals surface area contributed by atoms with E-state index in [0.29, 0.717) is 155 Å². The number of aromatic hydroxyl groups is 8. The van der Waals surface area contributed by atoms with E-state index in [0.717, 1.165) is 44.5 Å². The molecule has 10 atom stereocenters. The average molecular weight is 2030 g/mol. The highest BCUT2D eigenvalue weighted by Crippen LogP contribution is 2.43. The lowest BCUT2D eigenvalue weighted by Crippen LogP contribution is -2.16. The second-order valence-corrected chi connectivity index (χ2v) is 35.5. The Labute approximate surface area is 852 Å². The standard InChI is InChI=1S/C32H50O10.C29H44O9.C26H38O8.C23H32O7/c1-21(13-35-5)39-17-27-9-25(10-28(31(27)33)18-40-22(2)14-36-6)26-11-29(19-41-23(3)15-37-7)32(34)30(12-26)20-42-24(4)16-38-8;1-19(12-32-4)36-16-25-9-22(8-24(15-35-7)28(25)30)23-10-26(17-37-20(2)13-33-5)29(31)27(11-23)18-38-21(3)14-34-6;1-17(11-29-3)33-15-23-9-19(7-21(13-31-5)25(23)27)20-8-22(14-32-6)26(28)24(10-20)16-34-18(2)12-30-4;1-15(10-26-2)30-14-21-9-17(8-20(13-29-5)23(21)25)16-6-18(11-27-3)22(24)19(7-16)12-28-4/h9-12,21-24,33-34H,13-20H2,1-8H3;8-11,19-21,30-31H,12-18H2,1-7H3;7-10,17-18,27-28H,11-16H2,1-6H3;6-9,15,24-25H,10-14H2,1-5H3. The molecule has 0 fully saturated rings. The van der Waals surface area contributed by atoms with Crippen molar-refractivity contribution >= 4 is 0 Å². The molecular weight excluding hydrogens is 1870 g/mol. The third kappa shape index (κ3) is 42.8. The first kappa shape index (κ1) is 126. The number of hydrogen-bond donors (Lipinski definition) is 8. The van der Waals surface area contributed by atoms with Gasteiger partial charge in [-0.15, -0.1) is 0 Å². The van der Waals surface area contributed by atoms with E-state index in [1.54, 1.807) is 114 Å². The number of rotatable bonds is 66. The average Bonchev–Trinajstić information content (AvgIpc) is 0.804. The van der Waals surface area contributed by atoms with Gasteiger partial charge in [-0.1, -0.05) is 0 Å². The van der Waals surface area contributed by atoms with Crippen LogP contribution in [0.15, 0.2) is 97.1 Å². The Kier molecular flexibility index (Phi) is 60.5. The Bertz CT molecular complexity index is 4680. The maximum Gasteiger partial charge on any atom is 0.126 e. The van der Waals surface area contributed by atoms with Crippen molar-refractivity contribution in [1.82, 2.24) is 0 Å². The molecule has 808 valence electrons. The molecule has 0 heterocycles.